The predicted molar refractivity (Wildman–Crippen MR) is 92.9 cm³/mol. The number of hydrogen-bond donors (Lipinski definition) is 2. The first kappa shape index (κ1) is 20.4. The second-order valence-corrected chi connectivity index (χ2v) is 6.36. The van der Waals surface area contributed by atoms with E-state index < -0.39 is 35.1 Å². The first-order valence-electron chi connectivity index (χ1n) is 7.65. The first-order valence-corrected chi connectivity index (χ1v) is 8.47. The second kappa shape index (κ2) is 7.78. The number of carbonyl (C=O) groups is 3. The molecule has 0 bridgehead atoms. The molecule has 0 aliphatic heterocycles. The number of nitrogens with one attached hydrogen (secondary N) is 1. The van der Waals surface area contributed by atoms with E-state index in [9.17, 15) is 27.6 Å². The molecule has 0 radical (unpaired) electrons. The zero-order valence-corrected chi connectivity index (χ0v) is 15.1. The lowest BCUT2D eigenvalue weighted by molar-refractivity contribution is -0.137. The maximum absolute atomic E-state index is 13.1. The molecule has 0 saturated carbocycles. The Labute approximate surface area is 156 Å². The van der Waals surface area contributed by atoms with Crippen LogP contribution in [-0.4, -0.2) is 24.4 Å². The Balaban J connectivity index is 2.49. The average Bonchev–Trinajstić information content (AvgIpc) is 2.90. The van der Waals surface area contributed by atoms with E-state index in [2.05, 4.69) is 5.32 Å². The molecule has 0 saturated heterocycles. The van der Waals surface area contributed by atoms with E-state index >= 15 is 0 Å². The number of anilines is 1. The number of primary amides is 1. The van der Waals surface area contributed by atoms with Gasteiger partial charge < -0.3 is 15.8 Å². The van der Waals surface area contributed by atoms with Crippen LogP contribution in [0.1, 0.15) is 48.4 Å². The Hall–Kier alpha value is -2.88. The number of esters is 1. The van der Waals surface area contributed by atoms with E-state index in [1.807, 2.05) is 0 Å². The molecule has 2 amide bonds. The molecule has 1 heterocycles. The lowest BCUT2D eigenvalue weighted by Gasteiger charge is -2.12. The van der Waals surface area contributed by atoms with Crippen LogP contribution in [0, 0.1) is 6.92 Å². The number of amides is 2. The van der Waals surface area contributed by atoms with Gasteiger partial charge in [-0.2, -0.15) is 13.2 Å². The number of alkyl halides is 3. The van der Waals surface area contributed by atoms with Crippen LogP contribution < -0.4 is 11.1 Å². The molecule has 2 rings (SSSR count). The fraction of sp³-hybridized carbons (Fsp3) is 0.235. The molecule has 0 atom stereocenters. The van der Waals surface area contributed by atoms with Gasteiger partial charge in [-0.15, -0.1) is 11.3 Å². The van der Waals surface area contributed by atoms with Crippen LogP contribution in [0.4, 0.5) is 18.2 Å². The molecule has 10 heteroatoms. The molecule has 6 nitrogen and oxygen atoms in total. The molecular formula is C17H15F3N2O4S. The molecule has 1 aromatic heterocycles. The molecule has 2 aromatic rings. The molecule has 1 aromatic carbocycles. The normalized spacial score (nSPS) is 11.1. The molecule has 0 spiro atoms. The van der Waals surface area contributed by atoms with E-state index in [-0.39, 0.29) is 27.6 Å². The largest absolute Gasteiger partial charge is 0.462 e. The lowest BCUT2D eigenvalue weighted by Crippen LogP contribution is -2.19. The minimum Gasteiger partial charge on any atom is -0.462 e. The fourth-order valence-corrected chi connectivity index (χ4v) is 3.43. The maximum Gasteiger partial charge on any atom is 0.417 e. The van der Waals surface area contributed by atoms with Crippen LogP contribution in [0.25, 0.3) is 0 Å². The summed E-state index contributed by atoms with van der Waals surface area (Å²) in [5.41, 5.74) is 3.58. The van der Waals surface area contributed by atoms with Gasteiger partial charge in [-0.1, -0.05) is 12.1 Å². The van der Waals surface area contributed by atoms with E-state index in [4.69, 9.17) is 10.5 Å². The van der Waals surface area contributed by atoms with E-state index in [1.165, 1.54) is 13.0 Å². The number of hydrogen-bond acceptors (Lipinski definition) is 5. The predicted octanol–water partition coefficient (Wildman–Crippen LogP) is 3.60. The second-order valence-electron chi connectivity index (χ2n) is 5.34. The van der Waals surface area contributed by atoms with E-state index in [1.54, 1.807) is 6.92 Å². The Morgan fingerprint density at radius 1 is 1.22 bits per heavy atom. The molecule has 0 aliphatic rings. The van der Waals surface area contributed by atoms with Gasteiger partial charge in [0.05, 0.1) is 28.2 Å². The molecule has 0 fully saturated rings. The summed E-state index contributed by atoms with van der Waals surface area (Å²) in [4.78, 5) is 36.1. The SMILES string of the molecule is CCOC(=O)c1c(NC(=O)c2ccccc2C(F)(F)F)sc(C(N)=O)c1C. The summed E-state index contributed by atoms with van der Waals surface area (Å²) in [6.45, 7) is 3.03. The standard InChI is InChI=1S/C17H15F3N2O4S/c1-3-26-16(25)11-8(2)12(13(21)23)27-15(11)22-14(24)9-6-4-5-7-10(9)17(18,19)20/h4-7H,3H2,1-2H3,(H2,21,23)(H,22,24). The van der Waals surface area contributed by atoms with Crippen molar-refractivity contribution in [2.45, 2.75) is 20.0 Å². The van der Waals surface area contributed by atoms with Crippen molar-refractivity contribution in [1.82, 2.24) is 0 Å². The third-order valence-electron chi connectivity index (χ3n) is 3.55. The van der Waals surface area contributed by atoms with E-state index in [0.717, 1.165) is 18.2 Å². The highest BCUT2D eigenvalue weighted by Gasteiger charge is 2.35. The van der Waals surface area contributed by atoms with E-state index in [0.29, 0.717) is 11.3 Å². The topological polar surface area (TPSA) is 98.5 Å². The fourth-order valence-electron chi connectivity index (χ4n) is 2.38. The highest BCUT2D eigenvalue weighted by Crippen LogP contribution is 2.35. The van der Waals surface area contributed by atoms with Crippen molar-refractivity contribution < 1.29 is 32.3 Å². The monoisotopic (exact) mass is 400 g/mol. The quantitative estimate of drug-likeness (QED) is 0.749. The molecule has 0 aliphatic carbocycles. The van der Waals surface area contributed by atoms with Crippen LogP contribution in [-0.2, 0) is 10.9 Å². The number of ether oxygens (including phenoxy) is 1. The maximum atomic E-state index is 13.1. The van der Waals surface area contributed by atoms with Crippen molar-refractivity contribution in [2.24, 2.45) is 5.73 Å². The summed E-state index contributed by atoms with van der Waals surface area (Å²) < 4.78 is 44.2. The first-order chi connectivity index (χ1) is 12.6. The van der Waals surface area contributed by atoms with Gasteiger partial charge in [0.15, 0.2) is 0 Å². The van der Waals surface area contributed by atoms with Crippen LogP contribution in [0.2, 0.25) is 0 Å². The lowest BCUT2D eigenvalue weighted by atomic mass is 10.1. The molecule has 0 unspecified atom stereocenters. The Morgan fingerprint density at radius 3 is 2.41 bits per heavy atom. The number of halogens is 3. The Kier molecular flexibility index (Phi) is 5.89. The molecule has 144 valence electrons. The zero-order chi connectivity index (χ0) is 20.4. The zero-order valence-electron chi connectivity index (χ0n) is 14.3. The smallest absolute Gasteiger partial charge is 0.417 e. The van der Waals surface area contributed by atoms with Crippen molar-refractivity contribution in [3.05, 3.63) is 51.4 Å². The Bertz CT molecular complexity index is 906. The Morgan fingerprint density at radius 2 is 1.85 bits per heavy atom. The summed E-state index contributed by atoms with van der Waals surface area (Å²) in [5, 5.41) is 2.16. The molecule has 3 N–H and O–H groups in total. The average molecular weight is 400 g/mol. The summed E-state index contributed by atoms with van der Waals surface area (Å²) in [7, 11) is 0. The summed E-state index contributed by atoms with van der Waals surface area (Å²) in [5.74, 6) is -2.73. The van der Waals surface area contributed by atoms with Gasteiger partial charge in [0.1, 0.15) is 5.00 Å². The minimum atomic E-state index is -4.73. The highest BCUT2D eigenvalue weighted by molar-refractivity contribution is 7.18. The molecule has 27 heavy (non-hydrogen) atoms. The van der Waals surface area contributed by atoms with Crippen LogP contribution >= 0.6 is 11.3 Å². The van der Waals surface area contributed by atoms with Crippen molar-refractivity contribution >= 4 is 34.1 Å². The number of rotatable bonds is 5. The van der Waals surface area contributed by atoms with Crippen molar-refractivity contribution in [1.29, 1.82) is 0 Å². The number of carbonyl (C=O) groups excluding carboxylic acids is 3. The number of thiophene rings is 1. The summed E-state index contributed by atoms with van der Waals surface area (Å²) >= 11 is 0.696. The highest BCUT2D eigenvalue weighted by atomic mass is 32.1. The van der Waals surface area contributed by atoms with Crippen molar-refractivity contribution in [3.63, 3.8) is 0 Å². The van der Waals surface area contributed by atoms with Crippen LogP contribution in [0.15, 0.2) is 24.3 Å². The molecular weight excluding hydrogens is 385 g/mol. The van der Waals surface area contributed by atoms with Crippen LogP contribution in [0.5, 0.6) is 0 Å². The minimum absolute atomic E-state index is 0.00235. The number of benzene rings is 1. The van der Waals surface area contributed by atoms with Gasteiger partial charge >= 0.3 is 12.1 Å². The van der Waals surface area contributed by atoms with Gasteiger partial charge in [0.2, 0.25) is 0 Å². The van der Waals surface area contributed by atoms with Gasteiger partial charge in [0, 0.05) is 0 Å². The summed E-state index contributed by atoms with van der Waals surface area (Å²) in [6.07, 6.45) is -4.73. The van der Waals surface area contributed by atoms with Crippen molar-refractivity contribution in [3.8, 4) is 0 Å². The van der Waals surface area contributed by atoms with Gasteiger partial charge in [0.25, 0.3) is 11.8 Å². The summed E-state index contributed by atoms with van der Waals surface area (Å²) in [6, 6.07) is 4.22. The van der Waals surface area contributed by atoms with Crippen LogP contribution in [0.3, 0.4) is 0 Å². The third-order valence-corrected chi connectivity index (χ3v) is 4.78. The van der Waals surface area contributed by atoms with Gasteiger partial charge in [-0.05, 0) is 31.5 Å². The van der Waals surface area contributed by atoms with Gasteiger partial charge in [-0.25, -0.2) is 4.79 Å². The number of nitrogens with two attached hydrogens (primary N) is 1. The van der Waals surface area contributed by atoms with Crippen molar-refractivity contribution in [2.75, 3.05) is 11.9 Å². The van der Waals surface area contributed by atoms with Gasteiger partial charge in [-0.3, -0.25) is 9.59 Å². The third kappa shape index (κ3) is 4.27.